The Balaban J connectivity index is 2.43. The molecule has 5 nitrogen and oxygen atoms in total. The summed E-state index contributed by atoms with van der Waals surface area (Å²) in [6.45, 7) is 10.3. The molecule has 1 amide bonds. The van der Waals surface area contributed by atoms with Gasteiger partial charge in [0.15, 0.2) is 5.82 Å². The zero-order valence-electron chi connectivity index (χ0n) is 11.2. The first-order valence-electron chi connectivity index (χ1n) is 5.91. The Morgan fingerprint density at radius 2 is 2.06 bits per heavy atom. The van der Waals surface area contributed by atoms with Gasteiger partial charge in [-0.15, -0.1) is 0 Å². The number of nitrogens with zero attached hydrogens (tertiary/aromatic N) is 2. The van der Waals surface area contributed by atoms with Crippen LogP contribution in [0.5, 0.6) is 0 Å². The predicted molar refractivity (Wildman–Crippen MR) is 64.5 cm³/mol. The van der Waals surface area contributed by atoms with E-state index in [-0.39, 0.29) is 17.2 Å². The highest BCUT2D eigenvalue weighted by Gasteiger charge is 2.21. The second-order valence-corrected chi connectivity index (χ2v) is 5.46. The van der Waals surface area contributed by atoms with Crippen LogP contribution in [-0.2, 0) is 16.6 Å². The zero-order valence-corrected chi connectivity index (χ0v) is 11.2. The van der Waals surface area contributed by atoms with E-state index in [1.165, 1.54) is 0 Å². The largest absolute Gasteiger partial charge is 0.355 e. The fourth-order valence-corrected chi connectivity index (χ4v) is 1.16. The average Bonchev–Trinajstić information content (AvgIpc) is 2.65. The molecule has 0 fully saturated rings. The SMILES string of the molecule is CC(C)C(=O)NCCc1noc(C(C)(C)C)n1. The molecule has 0 saturated carbocycles. The van der Waals surface area contributed by atoms with E-state index in [1.54, 1.807) is 0 Å². The molecule has 0 atom stereocenters. The molecule has 0 bridgehead atoms. The lowest BCUT2D eigenvalue weighted by Crippen LogP contribution is -2.29. The lowest BCUT2D eigenvalue weighted by atomic mass is 9.97. The van der Waals surface area contributed by atoms with E-state index in [0.717, 1.165) is 0 Å². The molecule has 1 aromatic heterocycles. The summed E-state index contributed by atoms with van der Waals surface area (Å²) < 4.78 is 5.16. The Labute approximate surface area is 102 Å². The molecule has 0 unspecified atom stereocenters. The third-order valence-corrected chi connectivity index (χ3v) is 2.28. The molecular formula is C12H21N3O2. The van der Waals surface area contributed by atoms with Gasteiger partial charge in [0.25, 0.3) is 0 Å². The number of amides is 1. The molecule has 1 heterocycles. The summed E-state index contributed by atoms with van der Waals surface area (Å²) in [5.74, 6) is 1.32. The van der Waals surface area contributed by atoms with Crippen molar-refractivity contribution in [1.82, 2.24) is 15.5 Å². The maximum atomic E-state index is 11.3. The van der Waals surface area contributed by atoms with Crippen molar-refractivity contribution in [3.63, 3.8) is 0 Å². The molecule has 0 radical (unpaired) electrons. The van der Waals surface area contributed by atoms with Crippen LogP contribution in [0, 0.1) is 5.92 Å². The monoisotopic (exact) mass is 239 g/mol. The van der Waals surface area contributed by atoms with Crippen LogP contribution in [0.3, 0.4) is 0 Å². The molecule has 0 aliphatic heterocycles. The van der Waals surface area contributed by atoms with Gasteiger partial charge in [0.2, 0.25) is 11.8 Å². The Morgan fingerprint density at radius 3 is 2.53 bits per heavy atom. The summed E-state index contributed by atoms with van der Waals surface area (Å²) in [6.07, 6.45) is 0.595. The molecule has 0 aliphatic rings. The van der Waals surface area contributed by atoms with Crippen molar-refractivity contribution < 1.29 is 9.32 Å². The summed E-state index contributed by atoms with van der Waals surface area (Å²) in [5.41, 5.74) is -0.133. The molecule has 0 saturated heterocycles. The highest BCUT2D eigenvalue weighted by atomic mass is 16.5. The highest BCUT2D eigenvalue weighted by molar-refractivity contribution is 5.77. The van der Waals surface area contributed by atoms with E-state index in [2.05, 4.69) is 15.5 Å². The third kappa shape index (κ3) is 4.17. The number of carbonyl (C=O) groups is 1. The molecule has 0 spiro atoms. The first kappa shape index (κ1) is 13.7. The van der Waals surface area contributed by atoms with Gasteiger partial charge in [0.1, 0.15) is 0 Å². The fourth-order valence-electron chi connectivity index (χ4n) is 1.16. The molecular weight excluding hydrogens is 218 g/mol. The highest BCUT2D eigenvalue weighted by Crippen LogP contribution is 2.19. The van der Waals surface area contributed by atoms with E-state index in [1.807, 2.05) is 34.6 Å². The molecule has 17 heavy (non-hydrogen) atoms. The van der Waals surface area contributed by atoms with Crippen LogP contribution in [0.4, 0.5) is 0 Å². The number of rotatable bonds is 4. The van der Waals surface area contributed by atoms with Crippen LogP contribution in [-0.4, -0.2) is 22.6 Å². The first-order valence-corrected chi connectivity index (χ1v) is 5.91. The quantitative estimate of drug-likeness (QED) is 0.868. The number of hydrogen-bond donors (Lipinski definition) is 1. The van der Waals surface area contributed by atoms with Gasteiger partial charge >= 0.3 is 0 Å². The third-order valence-electron chi connectivity index (χ3n) is 2.28. The van der Waals surface area contributed by atoms with Crippen molar-refractivity contribution in [2.45, 2.75) is 46.5 Å². The van der Waals surface area contributed by atoms with Crippen LogP contribution < -0.4 is 5.32 Å². The second-order valence-electron chi connectivity index (χ2n) is 5.46. The van der Waals surface area contributed by atoms with Gasteiger partial charge in [-0.05, 0) is 0 Å². The van der Waals surface area contributed by atoms with Crippen molar-refractivity contribution in [3.05, 3.63) is 11.7 Å². The smallest absolute Gasteiger partial charge is 0.232 e. The maximum Gasteiger partial charge on any atom is 0.232 e. The Kier molecular flexibility index (Phi) is 4.26. The Bertz CT molecular complexity index is 377. The molecule has 1 N–H and O–H groups in total. The summed E-state index contributed by atoms with van der Waals surface area (Å²) in [6, 6.07) is 0. The average molecular weight is 239 g/mol. The summed E-state index contributed by atoms with van der Waals surface area (Å²) >= 11 is 0. The van der Waals surface area contributed by atoms with Gasteiger partial charge in [0, 0.05) is 24.3 Å². The van der Waals surface area contributed by atoms with Crippen molar-refractivity contribution >= 4 is 5.91 Å². The molecule has 0 aliphatic carbocycles. The predicted octanol–water partition coefficient (Wildman–Crippen LogP) is 1.68. The lowest BCUT2D eigenvalue weighted by molar-refractivity contribution is -0.123. The first-order chi connectivity index (χ1) is 7.80. The van der Waals surface area contributed by atoms with Gasteiger partial charge < -0.3 is 9.84 Å². The summed E-state index contributed by atoms with van der Waals surface area (Å²) in [7, 11) is 0. The van der Waals surface area contributed by atoms with Crippen LogP contribution >= 0.6 is 0 Å². The van der Waals surface area contributed by atoms with Gasteiger partial charge in [-0.1, -0.05) is 39.8 Å². The van der Waals surface area contributed by atoms with E-state index in [0.29, 0.717) is 24.7 Å². The van der Waals surface area contributed by atoms with Crippen LogP contribution in [0.1, 0.15) is 46.3 Å². The zero-order chi connectivity index (χ0) is 13.1. The standard InChI is InChI=1S/C12H21N3O2/c1-8(2)10(16)13-7-6-9-14-11(17-15-9)12(3,4)5/h8H,6-7H2,1-5H3,(H,13,16). The van der Waals surface area contributed by atoms with Gasteiger partial charge in [0.05, 0.1) is 0 Å². The van der Waals surface area contributed by atoms with Crippen molar-refractivity contribution in [3.8, 4) is 0 Å². The number of aromatic nitrogens is 2. The summed E-state index contributed by atoms with van der Waals surface area (Å²) in [4.78, 5) is 15.6. The van der Waals surface area contributed by atoms with E-state index >= 15 is 0 Å². The lowest BCUT2D eigenvalue weighted by Gasteiger charge is -2.10. The van der Waals surface area contributed by atoms with Crippen LogP contribution in [0.2, 0.25) is 0 Å². The molecule has 96 valence electrons. The second kappa shape index (κ2) is 5.29. The summed E-state index contributed by atoms with van der Waals surface area (Å²) in [5, 5.41) is 6.70. The number of carbonyl (C=O) groups excluding carboxylic acids is 1. The van der Waals surface area contributed by atoms with Crippen LogP contribution in [0.25, 0.3) is 0 Å². The van der Waals surface area contributed by atoms with Gasteiger partial charge in [-0.2, -0.15) is 4.98 Å². The minimum Gasteiger partial charge on any atom is -0.355 e. The molecule has 0 aromatic carbocycles. The van der Waals surface area contributed by atoms with Gasteiger partial charge in [-0.3, -0.25) is 4.79 Å². The van der Waals surface area contributed by atoms with Crippen molar-refractivity contribution in [2.75, 3.05) is 6.54 Å². The molecule has 5 heteroatoms. The fraction of sp³-hybridized carbons (Fsp3) is 0.750. The van der Waals surface area contributed by atoms with Crippen LogP contribution in [0.15, 0.2) is 4.52 Å². The van der Waals surface area contributed by atoms with Crippen molar-refractivity contribution in [2.24, 2.45) is 5.92 Å². The van der Waals surface area contributed by atoms with Gasteiger partial charge in [-0.25, -0.2) is 0 Å². The van der Waals surface area contributed by atoms with E-state index in [4.69, 9.17) is 4.52 Å². The number of hydrogen-bond acceptors (Lipinski definition) is 4. The van der Waals surface area contributed by atoms with E-state index < -0.39 is 0 Å². The Morgan fingerprint density at radius 1 is 1.41 bits per heavy atom. The van der Waals surface area contributed by atoms with E-state index in [9.17, 15) is 4.79 Å². The topological polar surface area (TPSA) is 68.0 Å². The normalized spacial score (nSPS) is 11.9. The Hall–Kier alpha value is -1.39. The van der Waals surface area contributed by atoms with Crippen molar-refractivity contribution in [1.29, 1.82) is 0 Å². The minimum atomic E-state index is -0.133. The molecule has 1 aromatic rings. The number of nitrogens with one attached hydrogen (secondary N) is 1. The maximum absolute atomic E-state index is 11.3. The minimum absolute atomic E-state index is 0.00500. The molecule has 1 rings (SSSR count).